The summed E-state index contributed by atoms with van der Waals surface area (Å²) in [6.45, 7) is 11.4. The van der Waals surface area contributed by atoms with E-state index in [-0.39, 0.29) is 11.3 Å². The van der Waals surface area contributed by atoms with Crippen LogP contribution in [0.4, 0.5) is 0 Å². The summed E-state index contributed by atoms with van der Waals surface area (Å²) in [7, 11) is 0. The molecule has 210 valence electrons. The van der Waals surface area contributed by atoms with E-state index in [1.165, 1.54) is 0 Å². The average molecular weight is 537 g/mol. The number of carbonyl (C=O) groups is 2. The maximum absolute atomic E-state index is 13.4. The van der Waals surface area contributed by atoms with Crippen molar-refractivity contribution in [3.63, 3.8) is 0 Å². The number of likely N-dealkylation sites (tertiary alicyclic amines) is 1. The van der Waals surface area contributed by atoms with E-state index in [4.69, 9.17) is 14.2 Å². The van der Waals surface area contributed by atoms with Crippen LogP contribution in [-0.2, 0) is 14.3 Å². The number of ether oxygens (including phenoxy) is 3. The maximum atomic E-state index is 13.4. The molecule has 39 heavy (non-hydrogen) atoms. The summed E-state index contributed by atoms with van der Waals surface area (Å²) in [6, 6.07) is 12.1. The monoisotopic (exact) mass is 536 g/mol. The summed E-state index contributed by atoms with van der Waals surface area (Å²) in [5.74, 6) is -0.00202. The molecule has 8 nitrogen and oxygen atoms in total. The van der Waals surface area contributed by atoms with Gasteiger partial charge >= 0.3 is 0 Å². The number of carbonyl (C=O) groups excluding carboxylic acids is 2. The summed E-state index contributed by atoms with van der Waals surface area (Å²) in [6.07, 6.45) is 2.72. The fraction of sp³-hybridized carbons (Fsp3) is 0.484. The molecule has 2 saturated heterocycles. The van der Waals surface area contributed by atoms with Gasteiger partial charge in [-0.2, -0.15) is 0 Å². The highest BCUT2D eigenvalue weighted by molar-refractivity contribution is 6.46. The third-order valence-electron chi connectivity index (χ3n) is 7.24. The summed E-state index contributed by atoms with van der Waals surface area (Å²) in [5, 5.41) is 11.5. The van der Waals surface area contributed by atoms with Crippen LogP contribution < -0.4 is 9.47 Å². The van der Waals surface area contributed by atoms with Crippen molar-refractivity contribution >= 4 is 17.4 Å². The van der Waals surface area contributed by atoms with Crippen LogP contribution >= 0.6 is 0 Å². The Morgan fingerprint density at radius 2 is 1.69 bits per heavy atom. The van der Waals surface area contributed by atoms with Crippen LogP contribution in [0.25, 0.3) is 5.76 Å². The lowest BCUT2D eigenvalue weighted by molar-refractivity contribution is -0.140. The van der Waals surface area contributed by atoms with Gasteiger partial charge < -0.3 is 24.2 Å². The molecule has 1 amide bonds. The van der Waals surface area contributed by atoms with Gasteiger partial charge in [0.1, 0.15) is 17.3 Å². The largest absolute Gasteiger partial charge is 0.507 e. The molecule has 2 aliphatic rings. The number of aliphatic hydroxyl groups is 1. The molecule has 1 N–H and O–H groups in total. The van der Waals surface area contributed by atoms with E-state index >= 15 is 0 Å². The number of aliphatic hydroxyl groups excluding tert-OH is 1. The van der Waals surface area contributed by atoms with Crippen molar-refractivity contribution in [3.8, 4) is 11.5 Å². The number of Topliss-reactive ketones (excluding diaryl/α,β-unsaturated/α-hetero) is 1. The Hall–Kier alpha value is -3.36. The molecule has 4 rings (SSSR count). The Morgan fingerprint density at radius 3 is 2.36 bits per heavy atom. The molecule has 0 saturated carbocycles. The molecule has 2 aromatic carbocycles. The van der Waals surface area contributed by atoms with E-state index in [2.05, 4.69) is 11.8 Å². The quantitative estimate of drug-likeness (QED) is 0.182. The Bertz CT molecular complexity index is 1170. The number of ketones is 1. The first-order valence-electron chi connectivity index (χ1n) is 14.0. The highest BCUT2D eigenvalue weighted by Gasteiger charge is 2.46. The van der Waals surface area contributed by atoms with E-state index in [1.807, 2.05) is 44.2 Å². The lowest BCUT2D eigenvalue weighted by Gasteiger charge is -2.29. The normalized spacial score (nSPS) is 19.5. The number of rotatable bonds is 12. The van der Waals surface area contributed by atoms with E-state index in [0.29, 0.717) is 50.7 Å². The lowest BCUT2D eigenvalue weighted by atomic mass is 9.93. The highest BCUT2D eigenvalue weighted by Crippen LogP contribution is 2.40. The number of benzene rings is 2. The van der Waals surface area contributed by atoms with Crippen LogP contribution in [-0.4, -0.2) is 79.2 Å². The van der Waals surface area contributed by atoms with Crippen molar-refractivity contribution in [2.45, 2.75) is 46.1 Å². The number of hydrogen-bond donors (Lipinski definition) is 1. The maximum Gasteiger partial charge on any atom is 0.295 e. The summed E-state index contributed by atoms with van der Waals surface area (Å²) >= 11 is 0. The zero-order valence-electron chi connectivity index (χ0n) is 23.3. The van der Waals surface area contributed by atoms with Crippen LogP contribution in [0.3, 0.4) is 0 Å². The molecule has 0 bridgehead atoms. The first-order chi connectivity index (χ1) is 18.9. The van der Waals surface area contributed by atoms with E-state index < -0.39 is 17.7 Å². The van der Waals surface area contributed by atoms with Crippen LogP contribution in [0, 0.1) is 6.92 Å². The molecule has 1 unspecified atom stereocenters. The van der Waals surface area contributed by atoms with Gasteiger partial charge in [0.25, 0.3) is 11.7 Å². The second kappa shape index (κ2) is 13.6. The Balaban J connectivity index is 1.66. The third kappa shape index (κ3) is 6.81. The molecule has 8 heteroatoms. The molecule has 2 aliphatic heterocycles. The molecule has 1 atom stereocenters. The first-order valence-corrected chi connectivity index (χ1v) is 14.0. The van der Waals surface area contributed by atoms with Gasteiger partial charge in [-0.3, -0.25) is 14.5 Å². The summed E-state index contributed by atoms with van der Waals surface area (Å²) < 4.78 is 16.8. The van der Waals surface area contributed by atoms with Crippen molar-refractivity contribution in [1.82, 2.24) is 9.80 Å². The zero-order chi connectivity index (χ0) is 27.8. The molecule has 0 aliphatic carbocycles. The Labute approximate surface area is 231 Å². The van der Waals surface area contributed by atoms with E-state index in [0.717, 1.165) is 49.4 Å². The third-order valence-corrected chi connectivity index (χ3v) is 7.24. The molecular formula is C31H40N2O6. The first kappa shape index (κ1) is 28.6. The van der Waals surface area contributed by atoms with Gasteiger partial charge in [0.15, 0.2) is 0 Å². The average Bonchev–Trinajstić information content (AvgIpc) is 3.19. The molecular weight excluding hydrogens is 496 g/mol. The van der Waals surface area contributed by atoms with Crippen molar-refractivity contribution in [1.29, 1.82) is 0 Å². The molecule has 2 fully saturated rings. The number of unbranched alkanes of at least 4 members (excludes halogenated alkanes) is 1. The van der Waals surface area contributed by atoms with Crippen LogP contribution in [0.2, 0.25) is 0 Å². The second-order valence-corrected chi connectivity index (χ2v) is 9.98. The fourth-order valence-electron chi connectivity index (χ4n) is 5.13. The van der Waals surface area contributed by atoms with Crippen molar-refractivity contribution in [2.75, 3.05) is 52.6 Å². The number of morpholine rings is 1. The van der Waals surface area contributed by atoms with Gasteiger partial charge in [-0.15, -0.1) is 0 Å². The van der Waals surface area contributed by atoms with Gasteiger partial charge in [0.05, 0.1) is 38.0 Å². The second-order valence-electron chi connectivity index (χ2n) is 9.98. The van der Waals surface area contributed by atoms with Crippen molar-refractivity contribution in [3.05, 3.63) is 64.7 Å². The van der Waals surface area contributed by atoms with E-state index in [1.54, 1.807) is 17.0 Å². The van der Waals surface area contributed by atoms with Crippen molar-refractivity contribution in [2.24, 2.45) is 0 Å². The standard InChI is InChI=1S/C31H40N2O6/c1-4-6-18-39-24-10-8-23(9-11-24)28-27(29(34)26-13-12-25(38-5-2)21-22(26)3)30(35)31(36)33(28)15-7-14-32-16-19-37-20-17-32/h8-13,21,28,34H,4-7,14-20H2,1-3H3/b29-27+. The predicted molar refractivity (Wildman–Crippen MR) is 150 cm³/mol. The highest BCUT2D eigenvalue weighted by atomic mass is 16.5. The van der Waals surface area contributed by atoms with E-state index in [9.17, 15) is 14.7 Å². The van der Waals surface area contributed by atoms with Gasteiger partial charge in [-0.1, -0.05) is 25.5 Å². The van der Waals surface area contributed by atoms with Crippen molar-refractivity contribution < 1.29 is 28.9 Å². The summed E-state index contributed by atoms with van der Waals surface area (Å²) in [4.78, 5) is 30.7. The topological polar surface area (TPSA) is 88.5 Å². The minimum absolute atomic E-state index is 0.110. The fourth-order valence-corrected chi connectivity index (χ4v) is 5.13. The number of aryl methyl sites for hydroxylation is 1. The number of amides is 1. The molecule has 0 spiro atoms. The Kier molecular flexibility index (Phi) is 10.0. The molecule has 2 aromatic rings. The van der Waals surface area contributed by atoms with Gasteiger partial charge in [-0.05, 0) is 68.1 Å². The minimum atomic E-state index is -0.689. The lowest BCUT2D eigenvalue weighted by Crippen LogP contribution is -2.38. The van der Waals surface area contributed by atoms with Crippen LogP contribution in [0.1, 0.15) is 55.8 Å². The predicted octanol–water partition coefficient (Wildman–Crippen LogP) is 4.72. The van der Waals surface area contributed by atoms with Gasteiger partial charge in [0, 0.05) is 31.7 Å². The minimum Gasteiger partial charge on any atom is -0.507 e. The molecule has 2 heterocycles. The summed E-state index contributed by atoms with van der Waals surface area (Å²) in [5.41, 5.74) is 2.14. The van der Waals surface area contributed by atoms with Gasteiger partial charge in [-0.25, -0.2) is 0 Å². The SMILES string of the molecule is CCCCOc1ccc(C2/C(=C(\O)c3ccc(OCC)cc3C)C(=O)C(=O)N2CCCN2CCOCC2)cc1. The zero-order valence-corrected chi connectivity index (χ0v) is 23.3. The smallest absolute Gasteiger partial charge is 0.295 e. The van der Waals surface area contributed by atoms with Crippen LogP contribution in [0.5, 0.6) is 11.5 Å². The number of nitrogens with zero attached hydrogens (tertiary/aromatic N) is 2. The van der Waals surface area contributed by atoms with Gasteiger partial charge in [0.2, 0.25) is 0 Å². The number of hydrogen-bond acceptors (Lipinski definition) is 7. The van der Waals surface area contributed by atoms with Crippen LogP contribution in [0.15, 0.2) is 48.0 Å². The molecule has 0 radical (unpaired) electrons. The Morgan fingerprint density at radius 1 is 0.974 bits per heavy atom. The molecule has 0 aromatic heterocycles.